The molecule has 27 heavy (non-hydrogen) atoms. The van der Waals surface area contributed by atoms with Gasteiger partial charge in [-0.05, 0) is 24.3 Å². The van der Waals surface area contributed by atoms with Crippen LogP contribution in [0.3, 0.4) is 0 Å². The molecule has 3 aromatic rings. The number of benzene rings is 1. The lowest BCUT2D eigenvalue weighted by atomic mass is 10.1. The minimum atomic E-state index is -0.312. The van der Waals surface area contributed by atoms with Crippen molar-refractivity contribution in [2.75, 3.05) is 31.1 Å². The van der Waals surface area contributed by atoms with Crippen LogP contribution in [-0.2, 0) is 11.2 Å². The molecular weight excluding hydrogens is 365 g/mol. The Morgan fingerprint density at radius 3 is 2.70 bits per heavy atom. The van der Waals surface area contributed by atoms with Crippen LogP contribution in [0, 0.1) is 5.82 Å². The number of halogens is 1. The normalized spacial score (nSPS) is 14.6. The van der Waals surface area contributed by atoms with E-state index >= 15 is 0 Å². The monoisotopic (exact) mass is 385 g/mol. The van der Waals surface area contributed by atoms with Crippen molar-refractivity contribution in [1.82, 2.24) is 9.88 Å². The van der Waals surface area contributed by atoms with Crippen LogP contribution in [0.5, 0.6) is 0 Å². The number of anilines is 1. The number of carbonyl (C=O) groups excluding carboxylic acids is 1. The van der Waals surface area contributed by atoms with Crippen LogP contribution in [0.15, 0.2) is 52.4 Å². The van der Waals surface area contributed by atoms with E-state index in [1.807, 2.05) is 16.3 Å². The average molecular weight is 385 g/mol. The summed E-state index contributed by atoms with van der Waals surface area (Å²) < 4.78 is 19.6. The molecule has 7 heteroatoms. The quantitative estimate of drug-likeness (QED) is 0.670. The zero-order valence-electron chi connectivity index (χ0n) is 14.8. The van der Waals surface area contributed by atoms with Crippen LogP contribution >= 0.6 is 11.3 Å². The lowest BCUT2D eigenvalue weighted by Crippen LogP contribution is -2.48. The van der Waals surface area contributed by atoms with Gasteiger partial charge in [0.2, 0.25) is 5.91 Å². The topological polar surface area (TPSA) is 49.6 Å². The molecule has 0 bridgehead atoms. The molecule has 3 heterocycles. The van der Waals surface area contributed by atoms with E-state index in [1.165, 1.54) is 6.07 Å². The van der Waals surface area contributed by atoms with E-state index in [1.54, 1.807) is 41.8 Å². The first-order valence-corrected chi connectivity index (χ1v) is 9.84. The summed E-state index contributed by atoms with van der Waals surface area (Å²) in [6, 6.07) is 10.1. The van der Waals surface area contributed by atoms with Gasteiger partial charge in [0.25, 0.3) is 0 Å². The number of aryl methyl sites for hydroxylation is 1. The van der Waals surface area contributed by atoms with Crippen molar-refractivity contribution in [3.05, 3.63) is 59.6 Å². The van der Waals surface area contributed by atoms with E-state index in [0.717, 1.165) is 18.2 Å². The second-order valence-corrected chi connectivity index (χ2v) is 7.30. The fourth-order valence-corrected chi connectivity index (χ4v) is 3.92. The Balaban J connectivity index is 1.29. The van der Waals surface area contributed by atoms with Gasteiger partial charge in [-0.15, -0.1) is 11.3 Å². The minimum absolute atomic E-state index is 0.123. The molecule has 2 aromatic heterocycles. The molecule has 140 valence electrons. The number of hydrogen-bond acceptors (Lipinski definition) is 5. The summed E-state index contributed by atoms with van der Waals surface area (Å²) >= 11 is 1.62. The maximum Gasteiger partial charge on any atom is 0.223 e. The number of hydrogen-bond donors (Lipinski definition) is 0. The Labute approximate surface area is 161 Å². The van der Waals surface area contributed by atoms with Gasteiger partial charge in [0.15, 0.2) is 5.13 Å². The zero-order valence-corrected chi connectivity index (χ0v) is 15.6. The van der Waals surface area contributed by atoms with Gasteiger partial charge in [-0.25, -0.2) is 9.37 Å². The maximum absolute atomic E-state index is 13.8. The van der Waals surface area contributed by atoms with E-state index < -0.39 is 0 Å². The van der Waals surface area contributed by atoms with Crippen molar-refractivity contribution in [1.29, 1.82) is 0 Å². The molecule has 0 radical (unpaired) electrons. The Hall–Kier alpha value is -2.67. The number of nitrogens with zero attached hydrogens (tertiary/aromatic N) is 3. The second kappa shape index (κ2) is 7.92. The molecule has 0 unspecified atom stereocenters. The molecule has 1 aromatic carbocycles. The SMILES string of the molecule is O=C(CCc1ccc(-c2ccccc2F)o1)N1CCN(c2nccs2)CC1. The first kappa shape index (κ1) is 17.7. The number of thiazole rings is 1. The Kier molecular flexibility index (Phi) is 5.20. The summed E-state index contributed by atoms with van der Waals surface area (Å²) in [6.45, 7) is 3.02. The van der Waals surface area contributed by atoms with Crippen molar-refractivity contribution >= 4 is 22.4 Å². The number of piperazine rings is 1. The zero-order chi connectivity index (χ0) is 18.6. The van der Waals surface area contributed by atoms with Crippen LogP contribution in [0.4, 0.5) is 9.52 Å². The molecule has 0 N–H and O–H groups in total. The van der Waals surface area contributed by atoms with Crippen LogP contribution in [0.25, 0.3) is 11.3 Å². The largest absolute Gasteiger partial charge is 0.461 e. The molecule has 1 aliphatic heterocycles. The van der Waals surface area contributed by atoms with Gasteiger partial charge in [-0.3, -0.25) is 4.79 Å². The predicted octanol–water partition coefficient (Wildman–Crippen LogP) is 3.82. The van der Waals surface area contributed by atoms with E-state index in [9.17, 15) is 9.18 Å². The third-order valence-electron chi connectivity index (χ3n) is 4.71. The van der Waals surface area contributed by atoms with Crippen molar-refractivity contribution in [3.8, 4) is 11.3 Å². The highest BCUT2D eigenvalue weighted by Crippen LogP contribution is 2.25. The molecule has 1 fully saturated rings. The van der Waals surface area contributed by atoms with E-state index in [2.05, 4.69) is 9.88 Å². The first-order valence-electron chi connectivity index (χ1n) is 8.96. The van der Waals surface area contributed by atoms with Crippen LogP contribution in [-0.4, -0.2) is 42.0 Å². The summed E-state index contributed by atoms with van der Waals surface area (Å²) in [5.41, 5.74) is 0.438. The number of furan rings is 1. The molecule has 0 aliphatic carbocycles. The molecule has 5 nitrogen and oxygen atoms in total. The third-order valence-corrected chi connectivity index (χ3v) is 5.54. The van der Waals surface area contributed by atoms with Gasteiger partial charge < -0.3 is 14.2 Å². The average Bonchev–Trinajstić information content (AvgIpc) is 3.39. The summed E-state index contributed by atoms with van der Waals surface area (Å²) in [6.07, 6.45) is 2.71. The van der Waals surface area contributed by atoms with Crippen molar-refractivity contribution < 1.29 is 13.6 Å². The molecule has 0 saturated carbocycles. The van der Waals surface area contributed by atoms with Crippen LogP contribution in [0.2, 0.25) is 0 Å². The van der Waals surface area contributed by atoms with Gasteiger partial charge in [0.05, 0.1) is 5.56 Å². The third kappa shape index (κ3) is 4.03. The molecule has 0 atom stereocenters. The predicted molar refractivity (Wildman–Crippen MR) is 103 cm³/mol. The Morgan fingerprint density at radius 2 is 1.96 bits per heavy atom. The van der Waals surface area contributed by atoms with Gasteiger partial charge in [-0.2, -0.15) is 0 Å². The Morgan fingerprint density at radius 1 is 1.15 bits per heavy atom. The first-order chi connectivity index (χ1) is 13.2. The van der Waals surface area contributed by atoms with Gasteiger partial charge in [-0.1, -0.05) is 12.1 Å². The summed E-state index contributed by atoms with van der Waals surface area (Å²) in [5.74, 6) is 1.00. The summed E-state index contributed by atoms with van der Waals surface area (Å²) in [7, 11) is 0. The highest BCUT2D eigenvalue weighted by molar-refractivity contribution is 7.13. The van der Waals surface area contributed by atoms with Gasteiger partial charge in [0, 0.05) is 50.6 Å². The number of amides is 1. The van der Waals surface area contributed by atoms with Gasteiger partial charge >= 0.3 is 0 Å². The number of rotatable bonds is 5. The minimum Gasteiger partial charge on any atom is -0.461 e. The summed E-state index contributed by atoms with van der Waals surface area (Å²) in [5, 5.41) is 2.98. The van der Waals surface area contributed by atoms with Gasteiger partial charge in [0.1, 0.15) is 17.3 Å². The van der Waals surface area contributed by atoms with E-state index in [-0.39, 0.29) is 11.7 Å². The van der Waals surface area contributed by atoms with E-state index in [0.29, 0.717) is 43.0 Å². The molecular formula is C20H20FN3O2S. The van der Waals surface area contributed by atoms with Crippen LogP contribution in [0.1, 0.15) is 12.2 Å². The lowest BCUT2D eigenvalue weighted by Gasteiger charge is -2.34. The molecule has 1 amide bonds. The Bertz CT molecular complexity index is 902. The second-order valence-electron chi connectivity index (χ2n) is 6.43. The molecule has 1 aliphatic rings. The fraction of sp³-hybridized carbons (Fsp3) is 0.300. The number of aromatic nitrogens is 1. The standard InChI is InChI=1S/C20H20FN3O2S/c21-17-4-2-1-3-16(17)18-7-5-15(26-18)6-8-19(25)23-10-12-24(13-11-23)20-22-9-14-27-20/h1-5,7,9,14H,6,8,10-13H2. The maximum atomic E-state index is 13.8. The highest BCUT2D eigenvalue weighted by Gasteiger charge is 2.22. The molecule has 1 saturated heterocycles. The van der Waals surface area contributed by atoms with Crippen LogP contribution < -0.4 is 4.90 Å². The fourth-order valence-electron chi connectivity index (χ4n) is 3.23. The number of carbonyl (C=O) groups is 1. The molecule has 0 spiro atoms. The van der Waals surface area contributed by atoms with Crippen molar-refractivity contribution in [2.24, 2.45) is 0 Å². The smallest absolute Gasteiger partial charge is 0.223 e. The molecule has 4 rings (SSSR count). The van der Waals surface area contributed by atoms with Crippen molar-refractivity contribution in [3.63, 3.8) is 0 Å². The lowest BCUT2D eigenvalue weighted by molar-refractivity contribution is -0.131. The van der Waals surface area contributed by atoms with E-state index in [4.69, 9.17) is 4.42 Å². The summed E-state index contributed by atoms with van der Waals surface area (Å²) in [4.78, 5) is 20.9. The highest BCUT2D eigenvalue weighted by atomic mass is 32.1. The van der Waals surface area contributed by atoms with Crippen molar-refractivity contribution in [2.45, 2.75) is 12.8 Å².